The largest absolute Gasteiger partial charge is 0.475 e. The van der Waals surface area contributed by atoms with Gasteiger partial charge in [-0.1, -0.05) is 13.3 Å². The number of aryl methyl sites for hydroxylation is 1. The lowest BCUT2D eigenvalue weighted by atomic mass is 10.2. The molecule has 5 nitrogen and oxygen atoms in total. The zero-order valence-electron chi connectivity index (χ0n) is 9.82. The number of aromatic carboxylic acids is 1. The molecule has 0 saturated carbocycles. The van der Waals surface area contributed by atoms with Crippen LogP contribution in [0.3, 0.4) is 0 Å². The Labute approximate surface area is 94.4 Å². The number of aromatic nitrogens is 1. The highest BCUT2D eigenvalue weighted by atomic mass is 16.5. The van der Waals surface area contributed by atoms with Crippen molar-refractivity contribution in [2.45, 2.75) is 46.3 Å². The number of nitrogens with zero attached hydrogens (tertiary/aromatic N) is 1. The zero-order valence-corrected chi connectivity index (χ0v) is 9.82. The molecule has 1 N–H and O–H groups in total. The lowest BCUT2D eigenvalue weighted by Crippen LogP contribution is -2.02. The molecule has 0 saturated heterocycles. The van der Waals surface area contributed by atoms with E-state index in [0.29, 0.717) is 18.0 Å². The average Bonchev–Trinajstić information content (AvgIpc) is 2.59. The Morgan fingerprint density at radius 1 is 1.56 bits per heavy atom. The van der Waals surface area contributed by atoms with Crippen molar-refractivity contribution in [3.8, 4) is 0 Å². The first-order valence-electron chi connectivity index (χ1n) is 5.38. The molecule has 1 aromatic rings. The molecule has 0 amide bonds. The van der Waals surface area contributed by atoms with E-state index in [1.807, 2.05) is 20.8 Å². The van der Waals surface area contributed by atoms with Crippen molar-refractivity contribution in [1.82, 2.24) is 4.98 Å². The standard InChI is InChI=1S/C11H17NO4/c1-4-5-8-10(11(13)14)16-9(12-8)6-15-7(2)3/h7H,4-6H2,1-3H3,(H,13,14). The summed E-state index contributed by atoms with van der Waals surface area (Å²) in [5, 5.41) is 8.91. The molecule has 16 heavy (non-hydrogen) atoms. The maximum Gasteiger partial charge on any atom is 0.373 e. The Bertz CT molecular complexity index is 357. The summed E-state index contributed by atoms with van der Waals surface area (Å²) in [6, 6.07) is 0. The molecule has 0 unspecified atom stereocenters. The molecule has 0 aliphatic rings. The molecule has 0 spiro atoms. The average molecular weight is 227 g/mol. The van der Waals surface area contributed by atoms with Gasteiger partial charge in [0.15, 0.2) is 0 Å². The van der Waals surface area contributed by atoms with E-state index in [0.717, 1.165) is 6.42 Å². The lowest BCUT2D eigenvalue weighted by molar-refractivity contribution is 0.0489. The molecule has 1 aromatic heterocycles. The van der Waals surface area contributed by atoms with E-state index in [2.05, 4.69) is 4.98 Å². The first kappa shape index (κ1) is 12.7. The van der Waals surface area contributed by atoms with Gasteiger partial charge in [0.2, 0.25) is 11.7 Å². The van der Waals surface area contributed by atoms with E-state index in [-0.39, 0.29) is 18.5 Å². The second-order valence-electron chi connectivity index (χ2n) is 3.80. The van der Waals surface area contributed by atoms with Crippen LogP contribution in [0.1, 0.15) is 49.3 Å². The molecule has 1 rings (SSSR count). The third-order valence-corrected chi connectivity index (χ3v) is 1.96. The predicted octanol–water partition coefficient (Wildman–Crippen LogP) is 2.25. The van der Waals surface area contributed by atoms with Crippen LogP contribution < -0.4 is 0 Å². The van der Waals surface area contributed by atoms with Crippen LogP contribution in [0.4, 0.5) is 0 Å². The van der Waals surface area contributed by atoms with Gasteiger partial charge in [0.1, 0.15) is 6.61 Å². The number of ether oxygens (including phenoxy) is 1. The summed E-state index contributed by atoms with van der Waals surface area (Å²) in [5.74, 6) is -0.814. The van der Waals surface area contributed by atoms with Gasteiger partial charge in [-0.25, -0.2) is 9.78 Å². The van der Waals surface area contributed by atoms with Crippen LogP contribution in [0.2, 0.25) is 0 Å². The number of carboxylic acid groups (broad SMARTS) is 1. The van der Waals surface area contributed by atoms with E-state index in [4.69, 9.17) is 14.3 Å². The van der Waals surface area contributed by atoms with Gasteiger partial charge in [-0.3, -0.25) is 0 Å². The third-order valence-electron chi connectivity index (χ3n) is 1.96. The maximum atomic E-state index is 10.9. The third kappa shape index (κ3) is 3.34. The molecule has 0 fully saturated rings. The number of rotatable bonds is 6. The van der Waals surface area contributed by atoms with Gasteiger partial charge in [0.05, 0.1) is 11.8 Å². The number of hydrogen-bond acceptors (Lipinski definition) is 4. The Balaban J connectivity index is 2.79. The summed E-state index contributed by atoms with van der Waals surface area (Å²) >= 11 is 0. The van der Waals surface area contributed by atoms with Gasteiger partial charge in [-0.2, -0.15) is 0 Å². The Morgan fingerprint density at radius 2 is 2.25 bits per heavy atom. The SMILES string of the molecule is CCCc1nc(COC(C)C)oc1C(=O)O. The normalized spacial score (nSPS) is 11.0. The minimum absolute atomic E-state index is 0.0646. The van der Waals surface area contributed by atoms with E-state index in [1.54, 1.807) is 0 Å². The number of oxazole rings is 1. The second-order valence-corrected chi connectivity index (χ2v) is 3.80. The topological polar surface area (TPSA) is 72.6 Å². The van der Waals surface area contributed by atoms with Crippen molar-refractivity contribution in [2.24, 2.45) is 0 Å². The van der Waals surface area contributed by atoms with Crippen molar-refractivity contribution >= 4 is 5.97 Å². The van der Waals surface area contributed by atoms with Crippen molar-refractivity contribution in [1.29, 1.82) is 0 Å². The minimum atomic E-state index is -1.08. The molecule has 0 aliphatic heterocycles. The Hall–Kier alpha value is -1.36. The van der Waals surface area contributed by atoms with Gasteiger partial charge in [-0.05, 0) is 20.3 Å². The van der Waals surface area contributed by atoms with Crippen LogP contribution in [0.25, 0.3) is 0 Å². The van der Waals surface area contributed by atoms with Gasteiger partial charge in [0.25, 0.3) is 0 Å². The molecule has 0 bridgehead atoms. The van der Waals surface area contributed by atoms with Crippen molar-refractivity contribution in [3.63, 3.8) is 0 Å². The molecule has 1 heterocycles. The number of carbonyl (C=O) groups is 1. The summed E-state index contributed by atoms with van der Waals surface area (Å²) in [6.07, 6.45) is 1.50. The molecule has 5 heteroatoms. The van der Waals surface area contributed by atoms with Crippen molar-refractivity contribution < 1.29 is 19.1 Å². The van der Waals surface area contributed by atoms with Gasteiger partial charge in [0, 0.05) is 0 Å². The predicted molar refractivity (Wildman–Crippen MR) is 57.4 cm³/mol. The van der Waals surface area contributed by atoms with Crippen LogP contribution in [-0.2, 0) is 17.8 Å². The fraction of sp³-hybridized carbons (Fsp3) is 0.636. The first-order chi connectivity index (χ1) is 7.54. The molecular weight excluding hydrogens is 210 g/mol. The zero-order chi connectivity index (χ0) is 12.1. The van der Waals surface area contributed by atoms with Gasteiger partial charge < -0.3 is 14.3 Å². The number of hydrogen-bond donors (Lipinski definition) is 1. The smallest absolute Gasteiger partial charge is 0.373 e. The highest BCUT2D eigenvalue weighted by Gasteiger charge is 2.18. The second kappa shape index (κ2) is 5.65. The summed E-state index contributed by atoms with van der Waals surface area (Å²) in [5.41, 5.74) is 0.498. The van der Waals surface area contributed by atoms with Crippen LogP contribution in [-0.4, -0.2) is 22.2 Å². The van der Waals surface area contributed by atoms with Crippen molar-refractivity contribution in [2.75, 3.05) is 0 Å². The molecule has 0 aromatic carbocycles. The van der Waals surface area contributed by atoms with E-state index < -0.39 is 5.97 Å². The quantitative estimate of drug-likeness (QED) is 0.806. The Kier molecular flexibility index (Phi) is 4.49. The lowest BCUT2D eigenvalue weighted by Gasteiger charge is -2.03. The highest BCUT2D eigenvalue weighted by molar-refractivity contribution is 5.85. The summed E-state index contributed by atoms with van der Waals surface area (Å²) in [6.45, 7) is 5.97. The van der Waals surface area contributed by atoms with Crippen LogP contribution in [0.5, 0.6) is 0 Å². The van der Waals surface area contributed by atoms with Crippen LogP contribution in [0, 0.1) is 0 Å². The summed E-state index contributed by atoms with van der Waals surface area (Å²) in [4.78, 5) is 15.0. The van der Waals surface area contributed by atoms with Gasteiger partial charge >= 0.3 is 5.97 Å². The van der Waals surface area contributed by atoms with Gasteiger partial charge in [-0.15, -0.1) is 0 Å². The van der Waals surface area contributed by atoms with E-state index in [9.17, 15) is 4.79 Å². The minimum Gasteiger partial charge on any atom is -0.475 e. The Morgan fingerprint density at radius 3 is 2.75 bits per heavy atom. The number of carboxylic acids is 1. The highest BCUT2D eigenvalue weighted by Crippen LogP contribution is 2.14. The molecule has 0 radical (unpaired) electrons. The van der Waals surface area contributed by atoms with Crippen molar-refractivity contribution in [3.05, 3.63) is 17.3 Å². The summed E-state index contributed by atoms with van der Waals surface area (Å²) < 4.78 is 10.4. The molecule has 0 aliphatic carbocycles. The van der Waals surface area contributed by atoms with E-state index in [1.165, 1.54) is 0 Å². The summed E-state index contributed by atoms with van der Waals surface area (Å²) in [7, 11) is 0. The van der Waals surface area contributed by atoms with Crippen LogP contribution >= 0.6 is 0 Å². The van der Waals surface area contributed by atoms with E-state index >= 15 is 0 Å². The van der Waals surface area contributed by atoms with Crippen LogP contribution in [0.15, 0.2) is 4.42 Å². The fourth-order valence-electron chi connectivity index (χ4n) is 1.27. The fourth-order valence-corrected chi connectivity index (χ4v) is 1.27. The molecule has 90 valence electrons. The molecule has 0 atom stereocenters. The molecular formula is C11H17NO4. The first-order valence-corrected chi connectivity index (χ1v) is 5.38. The maximum absolute atomic E-state index is 10.9. The monoisotopic (exact) mass is 227 g/mol.